The lowest BCUT2D eigenvalue weighted by Gasteiger charge is -2.11. The molecule has 0 atom stereocenters. The minimum atomic E-state index is 0.601. The predicted octanol–water partition coefficient (Wildman–Crippen LogP) is 11.5. The highest BCUT2D eigenvalue weighted by Gasteiger charge is 2.17. The van der Waals surface area contributed by atoms with Crippen LogP contribution < -0.4 is 0 Å². The van der Waals surface area contributed by atoms with Crippen molar-refractivity contribution in [2.24, 2.45) is 0 Å². The SMILES string of the molecule is c1cc(-c2nc(-c3ccc4ccccc4c3)nc(-c3ccc4oc5ccccc5c4c3)n2)cc(-c2cccc3oc4ccccc4c23)c1. The third kappa shape index (κ3) is 4.29. The first-order valence-electron chi connectivity index (χ1n) is 15.9. The molecule has 3 aromatic heterocycles. The molecule has 48 heavy (non-hydrogen) atoms. The van der Waals surface area contributed by atoms with Crippen LogP contribution in [0.4, 0.5) is 0 Å². The standard InChI is InChI=1S/C43H25N3O2/c1-2-10-27-23-30(20-19-26(27)9-1)42-44-41(45-43(46-42)31-21-22-38-35(25-31)33-13-3-5-16-36(33)47-38)29-12-7-11-28(24-29)32-15-8-18-39-40(32)34-14-4-6-17-37(34)48-39/h1-25H. The number of furan rings is 2. The zero-order valence-electron chi connectivity index (χ0n) is 25.6. The Labute approximate surface area is 274 Å². The van der Waals surface area contributed by atoms with Gasteiger partial charge >= 0.3 is 0 Å². The number of fused-ring (bicyclic) bond motifs is 7. The monoisotopic (exact) mass is 615 g/mol. The zero-order chi connectivity index (χ0) is 31.6. The van der Waals surface area contributed by atoms with E-state index in [-0.39, 0.29) is 0 Å². The van der Waals surface area contributed by atoms with Crippen molar-refractivity contribution >= 4 is 54.6 Å². The Balaban J connectivity index is 1.17. The Morgan fingerprint density at radius 3 is 1.73 bits per heavy atom. The van der Waals surface area contributed by atoms with Crippen LogP contribution in [0.15, 0.2) is 160 Å². The van der Waals surface area contributed by atoms with E-state index in [1.807, 2.05) is 54.6 Å². The summed E-state index contributed by atoms with van der Waals surface area (Å²) in [5, 5.41) is 6.58. The fourth-order valence-electron chi connectivity index (χ4n) is 6.80. The first-order valence-corrected chi connectivity index (χ1v) is 15.9. The van der Waals surface area contributed by atoms with Gasteiger partial charge in [0.15, 0.2) is 17.5 Å². The molecule has 0 aliphatic carbocycles. The van der Waals surface area contributed by atoms with Crippen molar-refractivity contribution in [3.8, 4) is 45.3 Å². The second-order valence-corrected chi connectivity index (χ2v) is 12.0. The van der Waals surface area contributed by atoms with Crippen LogP contribution in [0.3, 0.4) is 0 Å². The van der Waals surface area contributed by atoms with Gasteiger partial charge in [-0.2, -0.15) is 0 Å². The summed E-state index contributed by atoms with van der Waals surface area (Å²) >= 11 is 0. The Kier molecular flexibility index (Phi) is 5.81. The summed E-state index contributed by atoms with van der Waals surface area (Å²) in [5.74, 6) is 1.82. The number of hydrogen-bond acceptors (Lipinski definition) is 5. The lowest BCUT2D eigenvalue weighted by molar-refractivity contribution is 0.668. The summed E-state index contributed by atoms with van der Waals surface area (Å²) < 4.78 is 12.3. The summed E-state index contributed by atoms with van der Waals surface area (Å²) in [6.07, 6.45) is 0. The van der Waals surface area contributed by atoms with Gasteiger partial charge in [-0.1, -0.05) is 103 Å². The molecule has 0 radical (unpaired) electrons. The van der Waals surface area contributed by atoms with Crippen molar-refractivity contribution in [2.75, 3.05) is 0 Å². The van der Waals surface area contributed by atoms with Crippen LogP contribution in [-0.4, -0.2) is 15.0 Å². The summed E-state index contributed by atoms with van der Waals surface area (Å²) in [7, 11) is 0. The van der Waals surface area contributed by atoms with Gasteiger partial charge in [-0.25, -0.2) is 15.0 Å². The molecule has 0 saturated carbocycles. The molecular weight excluding hydrogens is 590 g/mol. The van der Waals surface area contributed by atoms with Gasteiger partial charge in [0.1, 0.15) is 22.3 Å². The molecule has 5 heteroatoms. The fraction of sp³-hybridized carbons (Fsp3) is 0. The largest absolute Gasteiger partial charge is 0.456 e. The molecule has 0 N–H and O–H groups in total. The second kappa shape index (κ2) is 10.5. The molecule has 7 aromatic carbocycles. The van der Waals surface area contributed by atoms with Crippen LogP contribution in [0.2, 0.25) is 0 Å². The van der Waals surface area contributed by atoms with Gasteiger partial charge in [-0.05, 0) is 70.4 Å². The number of aromatic nitrogens is 3. The lowest BCUT2D eigenvalue weighted by atomic mass is 9.98. The molecule has 5 nitrogen and oxygen atoms in total. The molecule has 0 aliphatic rings. The van der Waals surface area contributed by atoms with Gasteiger partial charge in [-0.15, -0.1) is 0 Å². The third-order valence-electron chi connectivity index (χ3n) is 9.11. The van der Waals surface area contributed by atoms with E-state index in [1.54, 1.807) is 0 Å². The Morgan fingerprint density at radius 2 is 0.896 bits per heavy atom. The molecule has 0 bridgehead atoms. The van der Waals surface area contributed by atoms with Gasteiger partial charge in [0.2, 0.25) is 0 Å². The lowest BCUT2D eigenvalue weighted by Crippen LogP contribution is -2.00. The highest BCUT2D eigenvalue weighted by molar-refractivity contribution is 6.12. The average molecular weight is 616 g/mol. The summed E-state index contributed by atoms with van der Waals surface area (Å²) in [6, 6.07) is 51.7. The molecule has 0 aliphatic heterocycles. The molecule has 0 fully saturated rings. The van der Waals surface area contributed by atoms with Gasteiger partial charge in [0.25, 0.3) is 0 Å². The number of benzene rings is 7. The molecule has 0 saturated heterocycles. The van der Waals surface area contributed by atoms with Crippen molar-refractivity contribution in [2.45, 2.75) is 0 Å². The number of nitrogens with zero attached hydrogens (tertiary/aromatic N) is 3. The van der Waals surface area contributed by atoms with E-state index >= 15 is 0 Å². The normalized spacial score (nSPS) is 11.8. The molecule has 3 heterocycles. The van der Waals surface area contributed by atoms with Crippen molar-refractivity contribution in [1.29, 1.82) is 0 Å². The van der Waals surface area contributed by atoms with Crippen LogP contribution in [0.25, 0.3) is 99.9 Å². The van der Waals surface area contributed by atoms with E-state index in [1.165, 1.54) is 5.39 Å². The maximum absolute atomic E-state index is 6.20. The Bertz CT molecular complexity index is 2860. The molecule has 224 valence electrons. The Hall–Kier alpha value is -6.59. The summed E-state index contributed by atoms with van der Waals surface area (Å²) in [4.78, 5) is 15.2. The third-order valence-corrected chi connectivity index (χ3v) is 9.11. The van der Waals surface area contributed by atoms with Crippen LogP contribution in [0, 0.1) is 0 Å². The van der Waals surface area contributed by atoms with Crippen molar-refractivity contribution in [3.63, 3.8) is 0 Å². The molecule has 0 spiro atoms. The molecule has 0 unspecified atom stereocenters. The van der Waals surface area contributed by atoms with E-state index in [0.717, 1.165) is 77.1 Å². The van der Waals surface area contributed by atoms with Crippen molar-refractivity contribution in [1.82, 2.24) is 15.0 Å². The van der Waals surface area contributed by atoms with E-state index in [2.05, 4.69) is 97.1 Å². The molecule has 10 aromatic rings. The van der Waals surface area contributed by atoms with Gasteiger partial charge in [0.05, 0.1) is 0 Å². The van der Waals surface area contributed by atoms with Gasteiger partial charge in [0, 0.05) is 38.2 Å². The smallest absolute Gasteiger partial charge is 0.164 e. The number of hydrogen-bond donors (Lipinski definition) is 0. The second-order valence-electron chi connectivity index (χ2n) is 12.0. The average Bonchev–Trinajstić information content (AvgIpc) is 3.73. The highest BCUT2D eigenvalue weighted by atomic mass is 16.3. The van der Waals surface area contributed by atoms with E-state index in [0.29, 0.717) is 17.5 Å². The van der Waals surface area contributed by atoms with E-state index < -0.39 is 0 Å². The molecule has 10 rings (SSSR count). The highest BCUT2D eigenvalue weighted by Crippen LogP contribution is 2.38. The Morgan fingerprint density at radius 1 is 0.333 bits per heavy atom. The van der Waals surface area contributed by atoms with Crippen LogP contribution in [0.1, 0.15) is 0 Å². The van der Waals surface area contributed by atoms with Crippen molar-refractivity contribution < 1.29 is 8.83 Å². The van der Waals surface area contributed by atoms with E-state index in [4.69, 9.17) is 23.8 Å². The number of rotatable bonds is 4. The fourth-order valence-corrected chi connectivity index (χ4v) is 6.80. The molecule has 0 amide bonds. The predicted molar refractivity (Wildman–Crippen MR) is 194 cm³/mol. The first-order chi connectivity index (χ1) is 23.7. The summed E-state index contributed by atoms with van der Waals surface area (Å²) in [5.41, 5.74) is 8.31. The minimum Gasteiger partial charge on any atom is -0.456 e. The quantitative estimate of drug-likeness (QED) is 0.197. The summed E-state index contributed by atoms with van der Waals surface area (Å²) in [6.45, 7) is 0. The van der Waals surface area contributed by atoms with Gasteiger partial charge in [-0.3, -0.25) is 0 Å². The maximum atomic E-state index is 6.20. The van der Waals surface area contributed by atoms with Gasteiger partial charge < -0.3 is 8.83 Å². The zero-order valence-corrected chi connectivity index (χ0v) is 25.6. The van der Waals surface area contributed by atoms with Crippen LogP contribution in [0.5, 0.6) is 0 Å². The number of para-hydroxylation sites is 2. The topological polar surface area (TPSA) is 65.0 Å². The minimum absolute atomic E-state index is 0.601. The van der Waals surface area contributed by atoms with Crippen molar-refractivity contribution in [3.05, 3.63) is 152 Å². The maximum Gasteiger partial charge on any atom is 0.164 e. The van der Waals surface area contributed by atoms with E-state index in [9.17, 15) is 0 Å². The molecular formula is C43H25N3O2. The van der Waals surface area contributed by atoms with Crippen LogP contribution >= 0.6 is 0 Å². The van der Waals surface area contributed by atoms with Crippen LogP contribution in [-0.2, 0) is 0 Å². The first kappa shape index (κ1) is 26.6.